The molecule has 0 aliphatic carbocycles. The largest absolute Gasteiger partial charge is 0.461 e. The van der Waals surface area contributed by atoms with E-state index in [1.807, 2.05) is 47.0 Å². The molecule has 0 aliphatic heterocycles. The fourth-order valence-corrected chi connectivity index (χ4v) is 3.24. The van der Waals surface area contributed by atoms with E-state index in [1.165, 1.54) is 0 Å². The van der Waals surface area contributed by atoms with Crippen molar-refractivity contribution in [3.8, 4) is 17.3 Å². The Bertz CT molecular complexity index is 711. The number of nitrogens with zero attached hydrogens (tertiary/aromatic N) is 3. The van der Waals surface area contributed by atoms with Crippen molar-refractivity contribution in [3.63, 3.8) is 0 Å². The Kier molecular flexibility index (Phi) is 5.50. The van der Waals surface area contributed by atoms with Gasteiger partial charge < -0.3 is 9.52 Å². The molecule has 3 rings (SSSR count). The van der Waals surface area contributed by atoms with Crippen LogP contribution in [0.15, 0.2) is 58.3 Å². The maximum Gasteiger partial charge on any atom is 0.205 e. The third-order valence-corrected chi connectivity index (χ3v) is 4.44. The Labute approximate surface area is 139 Å². The highest BCUT2D eigenvalue weighted by Crippen LogP contribution is 2.28. The first kappa shape index (κ1) is 15.8. The maximum absolute atomic E-state index is 8.84. The predicted octanol–water partition coefficient (Wildman–Crippen LogP) is 3.78. The summed E-state index contributed by atoms with van der Waals surface area (Å²) in [6.45, 7) is 0.257. The van der Waals surface area contributed by atoms with E-state index in [2.05, 4.69) is 10.2 Å². The molecule has 6 heteroatoms. The number of aromatic nitrogens is 3. The van der Waals surface area contributed by atoms with Gasteiger partial charge in [-0.05, 0) is 37.1 Å². The highest BCUT2D eigenvalue weighted by Gasteiger charge is 2.17. The molecule has 0 saturated carbocycles. The summed E-state index contributed by atoms with van der Waals surface area (Å²) < 4.78 is 7.52. The Hall–Kier alpha value is -2.05. The fourth-order valence-electron chi connectivity index (χ4n) is 2.29. The van der Waals surface area contributed by atoms with Crippen LogP contribution >= 0.6 is 11.8 Å². The molecule has 0 spiro atoms. The number of benzene rings is 1. The second kappa shape index (κ2) is 7.99. The van der Waals surface area contributed by atoms with Gasteiger partial charge in [0.1, 0.15) is 0 Å². The van der Waals surface area contributed by atoms with E-state index in [1.54, 1.807) is 18.0 Å². The van der Waals surface area contributed by atoms with Gasteiger partial charge >= 0.3 is 0 Å². The molecule has 23 heavy (non-hydrogen) atoms. The molecule has 0 bridgehead atoms. The molecule has 0 atom stereocenters. The number of rotatable bonds is 8. The van der Waals surface area contributed by atoms with Crippen LogP contribution in [0.3, 0.4) is 0 Å². The van der Waals surface area contributed by atoms with Crippen LogP contribution in [0.2, 0.25) is 0 Å². The number of hydrogen-bond donors (Lipinski definition) is 1. The lowest BCUT2D eigenvalue weighted by molar-refractivity contribution is 0.284. The minimum atomic E-state index is 0.257. The third kappa shape index (κ3) is 3.83. The van der Waals surface area contributed by atoms with Crippen LogP contribution in [0, 0.1) is 0 Å². The number of thioether (sulfide) groups is 1. The quantitative estimate of drug-likeness (QED) is 0.503. The second-order valence-corrected chi connectivity index (χ2v) is 6.15. The van der Waals surface area contributed by atoms with Crippen molar-refractivity contribution in [1.29, 1.82) is 0 Å². The summed E-state index contributed by atoms with van der Waals surface area (Å²) in [5.41, 5.74) is 1.02. The number of furan rings is 1. The number of aliphatic hydroxyl groups is 1. The number of unbranched alkanes of at least 4 members (excludes halogenated alkanes) is 2. The summed E-state index contributed by atoms with van der Waals surface area (Å²) in [5.74, 6) is 2.36. The van der Waals surface area contributed by atoms with Crippen molar-refractivity contribution in [3.05, 3.63) is 48.7 Å². The standard InChI is InChI=1S/C17H19N3O2S/c21-11-5-2-6-13-23-17-19-18-16(15-10-7-12-22-15)20(17)14-8-3-1-4-9-14/h1,3-4,7-10,12,21H,2,5-6,11,13H2. The molecule has 5 nitrogen and oxygen atoms in total. The van der Waals surface area contributed by atoms with Gasteiger partial charge in [0, 0.05) is 18.0 Å². The van der Waals surface area contributed by atoms with Gasteiger partial charge in [-0.25, -0.2) is 0 Å². The van der Waals surface area contributed by atoms with E-state index in [0.29, 0.717) is 11.6 Å². The molecule has 0 amide bonds. The molecular formula is C17H19N3O2S. The zero-order valence-corrected chi connectivity index (χ0v) is 13.6. The molecule has 0 radical (unpaired) electrons. The summed E-state index contributed by atoms with van der Waals surface area (Å²) in [7, 11) is 0. The average molecular weight is 329 g/mol. The summed E-state index contributed by atoms with van der Waals surface area (Å²) in [6.07, 6.45) is 4.56. The minimum Gasteiger partial charge on any atom is -0.461 e. The molecule has 3 aromatic rings. The Morgan fingerprint density at radius 1 is 1.00 bits per heavy atom. The van der Waals surface area contributed by atoms with Crippen LogP contribution in [0.1, 0.15) is 19.3 Å². The molecule has 0 aliphatic rings. The molecule has 0 fully saturated rings. The number of hydrogen-bond acceptors (Lipinski definition) is 5. The van der Waals surface area contributed by atoms with Crippen molar-refractivity contribution >= 4 is 11.8 Å². The average Bonchev–Trinajstić information content (AvgIpc) is 3.25. The van der Waals surface area contributed by atoms with Crippen molar-refractivity contribution < 1.29 is 9.52 Å². The third-order valence-electron chi connectivity index (χ3n) is 3.42. The lowest BCUT2D eigenvalue weighted by atomic mass is 10.3. The van der Waals surface area contributed by atoms with Crippen LogP contribution in [-0.4, -0.2) is 32.2 Å². The monoisotopic (exact) mass is 329 g/mol. The summed E-state index contributed by atoms with van der Waals surface area (Å²) in [5, 5.41) is 18.3. The predicted molar refractivity (Wildman–Crippen MR) is 90.7 cm³/mol. The topological polar surface area (TPSA) is 64.1 Å². The van der Waals surface area contributed by atoms with Gasteiger partial charge in [0.05, 0.1) is 6.26 Å². The van der Waals surface area contributed by atoms with Gasteiger partial charge in [-0.15, -0.1) is 10.2 Å². The molecule has 120 valence electrons. The van der Waals surface area contributed by atoms with Crippen LogP contribution in [-0.2, 0) is 0 Å². The van der Waals surface area contributed by atoms with E-state index in [0.717, 1.165) is 35.9 Å². The molecular weight excluding hydrogens is 310 g/mol. The Balaban J connectivity index is 1.85. The highest BCUT2D eigenvalue weighted by molar-refractivity contribution is 7.99. The first-order valence-corrected chi connectivity index (χ1v) is 8.67. The normalized spacial score (nSPS) is 11.0. The van der Waals surface area contributed by atoms with E-state index in [9.17, 15) is 0 Å². The van der Waals surface area contributed by atoms with Gasteiger partial charge in [-0.2, -0.15) is 0 Å². The zero-order chi connectivity index (χ0) is 15.9. The van der Waals surface area contributed by atoms with E-state index in [4.69, 9.17) is 9.52 Å². The first-order valence-electron chi connectivity index (χ1n) is 7.68. The lowest BCUT2D eigenvalue weighted by Gasteiger charge is -2.08. The van der Waals surface area contributed by atoms with Gasteiger partial charge in [-0.3, -0.25) is 4.57 Å². The van der Waals surface area contributed by atoms with Crippen LogP contribution in [0.5, 0.6) is 0 Å². The molecule has 2 aromatic heterocycles. The summed E-state index contributed by atoms with van der Waals surface area (Å²) in [4.78, 5) is 0. The Morgan fingerprint density at radius 2 is 1.87 bits per heavy atom. The molecule has 1 N–H and O–H groups in total. The van der Waals surface area contributed by atoms with Crippen molar-refractivity contribution in [2.45, 2.75) is 24.4 Å². The van der Waals surface area contributed by atoms with Gasteiger partial charge in [0.2, 0.25) is 5.82 Å². The van der Waals surface area contributed by atoms with Gasteiger partial charge in [-0.1, -0.05) is 36.4 Å². The van der Waals surface area contributed by atoms with Crippen LogP contribution in [0.4, 0.5) is 0 Å². The smallest absolute Gasteiger partial charge is 0.205 e. The first-order chi connectivity index (χ1) is 11.4. The summed E-state index contributed by atoms with van der Waals surface area (Å²) in [6, 6.07) is 13.8. The molecule has 2 heterocycles. The van der Waals surface area contributed by atoms with Crippen molar-refractivity contribution in [2.75, 3.05) is 12.4 Å². The number of para-hydroxylation sites is 1. The molecule has 1 aromatic carbocycles. The SMILES string of the molecule is OCCCCCSc1nnc(-c2ccco2)n1-c1ccccc1. The molecule has 0 saturated heterocycles. The van der Waals surface area contributed by atoms with Gasteiger partial charge in [0.25, 0.3) is 0 Å². The van der Waals surface area contributed by atoms with Crippen LogP contribution < -0.4 is 0 Å². The highest BCUT2D eigenvalue weighted by atomic mass is 32.2. The zero-order valence-electron chi connectivity index (χ0n) is 12.8. The van der Waals surface area contributed by atoms with Gasteiger partial charge in [0.15, 0.2) is 10.9 Å². The lowest BCUT2D eigenvalue weighted by Crippen LogP contribution is -1.99. The van der Waals surface area contributed by atoms with Crippen LogP contribution in [0.25, 0.3) is 17.3 Å². The van der Waals surface area contributed by atoms with Crippen molar-refractivity contribution in [2.24, 2.45) is 0 Å². The Morgan fingerprint density at radius 3 is 2.61 bits per heavy atom. The van der Waals surface area contributed by atoms with E-state index >= 15 is 0 Å². The van der Waals surface area contributed by atoms with E-state index < -0.39 is 0 Å². The maximum atomic E-state index is 8.84. The number of aliphatic hydroxyl groups excluding tert-OH is 1. The fraction of sp³-hybridized carbons (Fsp3) is 0.294. The van der Waals surface area contributed by atoms with E-state index in [-0.39, 0.29) is 6.61 Å². The summed E-state index contributed by atoms with van der Waals surface area (Å²) >= 11 is 1.68. The molecule has 0 unspecified atom stereocenters. The second-order valence-electron chi connectivity index (χ2n) is 5.09. The minimum absolute atomic E-state index is 0.257. The van der Waals surface area contributed by atoms with Crippen molar-refractivity contribution in [1.82, 2.24) is 14.8 Å².